The molecule has 1 unspecified atom stereocenters. The Morgan fingerprint density at radius 2 is 2.00 bits per heavy atom. The lowest BCUT2D eigenvalue weighted by atomic mass is 9.66. The fourth-order valence-corrected chi connectivity index (χ4v) is 4.24. The number of benzene rings is 1. The molecule has 3 nitrogen and oxygen atoms in total. The second-order valence-electron chi connectivity index (χ2n) is 7.39. The highest BCUT2D eigenvalue weighted by Gasteiger charge is 2.38. The van der Waals surface area contributed by atoms with Gasteiger partial charge in [-0.2, -0.15) is 0 Å². The summed E-state index contributed by atoms with van der Waals surface area (Å²) in [6.45, 7) is 6.62. The summed E-state index contributed by atoms with van der Waals surface area (Å²) in [5.74, 6) is 1.02. The molecule has 0 saturated heterocycles. The average Bonchev–Trinajstić information content (AvgIpc) is 2.62. The van der Waals surface area contributed by atoms with E-state index >= 15 is 0 Å². The Balaban J connectivity index is 1.71. The van der Waals surface area contributed by atoms with Crippen molar-refractivity contribution in [3.63, 3.8) is 0 Å². The van der Waals surface area contributed by atoms with Gasteiger partial charge in [-0.05, 0) is 80.0 Å². The van der Waals surface area contributed by atoms with Crippen LogP contribution < -0.4 is 10.5 Å². The molecule has 1 aromatic heterocycles. The Kier molecular flexibility index (Phi) is 5.09. The molecule has 0 aliphatic heterocycles. The third-order valence-corrected chi connectivity index (χ3v) is 6.09. The van der Waals surface area contributed by atoms with Crippen molar-refractivity contribution in [1.29, 1.82) is 0 Å². The summed E-state index contributed by atoms with van der Waals surface area (Å²) >= 11 is 0. The number of nitrogens with two attached hydrogens (primary N) is 1. The van der Waals surface area contributed by atoms with E-state index in [1.165, 1.54) is 35.6 Å². The molecule has 0 bridgehead atoms. The van der Waals surface area contributed by atoms with Crippen LogP contribution >= 0.6 is 0 Å². The average molecular weight is 326 g/mol. The first-order chi connectivity index (χ1) is 11.6. The van der Waals surface area contributed by atoms with Crippen molar-refractivity contribution in [2.45, 2.75) is 71.4 Å². The van der Waals surface area contributed by atoms with Gasteiger partial charge in [-0.15, -0.1) is 0 Å². The van der Waals surface area contributed by atoms with E-state index in [0.717, 1.165) is 25.0 Å². The van der Waals surface area contributed by atoms with Crippen LogP contribution in [0.4, 0.5) is 0 Å². The van der Waals surface area contributed by atoms with Crippen molar-refractivity contribution in [2.24, 2.45) is 11.1 Å². The molecule has 1 atom stereocenters. The zero-order valence-corrected chi connectivity index (χ0v) is 15.2. The topological polar surface area (TPSA) is 48.1 Å². The second-order valence-corrected chi connectivity index (χ2v) is 7.39. The van der Waals surface area contributed by atoms with E-state index in [2.05, 4.69) is 37.9 Å². The van der Waals surface area contributed by atoms with E-state index < -0.39 is 0 Å². The van der Waals surface area contributed by atoms with Gasteiger partial charge in [-0.3, -0.25) is 4.98 Å². The molecule has 3 heteroatoms. The molecule has 1 aromatic carbocycles. The number of pyridine rings is 1. The summed E-state index contributed by atoms with van der Waals surface area (Å²) < 4.78 is 6.38. The SMILES string of the molecule is CCC(N)C1(CC)CCC(Oc2cc3ccncc3cc2C)CC1. The van der Waals surface area contributed by atoms with Crippen LogP contribution in [-0.4, -0.2) is 17.1 Å². The van der Waals surface area contributed by atoms with Crippen LogP contribution in [0.3, 0.4) is 0 Å². The minimum atomic E-state index is 0.312. The summed E-state index contributed by atoms with van der Waals surface area (Å²) in [6.07, 6.45) is 10.9. The van der Waals surface area contributed by atoms with Crippen LogP contribution in [0.25, 0.3) is 10.8 Å². The Bertz CT molecular complexity index is 689. The molecule has 1 aliphatic carbocycles. The summed E-state index contributed by atoms with van der Waals surface area (Å²) in [7, 11) is 0. The fraction of sp³-hybridized carbons (Fsp3) is 0.571. The number of hydrogen-bond donors (Lipinski definition) is 1. The van der Waals surface area contributed by atoms with E-state index in [0.29, 0.717) is 17.6 Å². The van der Waals surface area contributed by atoms with Crippen LogP contribution in [0.1, 0.15) is 57.9 Å². The summed E-state index contributed by atoms with van der Waals surface area (Å²) in [5, 5.41) is 2.36. The predicted molar refractivity (Wildman–Crippen MR) is 100 cm³/mol. The van der Waals surface area contributed by atoms with Crippen molar-refractivity contribution >= 4 is 10.8 Å². The van der Waals surface area contributed by atoms with Crippen LogP contribution in [-0.2, 0) is 0 Å². The monoisotopic (exact) mass is 326 g/mol. The number of aryl methyl sites for hydroxylation is 1. The van der Waals surface area contributed by atoms with Crippen LogP contribution in [0, 0.1) is 12.3 Å². The molecule has 0 radical (unpaired) electrons. The number of rotatable bonds is 5. The van der Waals surface area contributed by atoms with Crippen LogP contribution in [0.2, 0.25) is 0 Å². The second kappa shape index (κ2) is 7.10. The molecule has 0 spiro atoms. The van der Waals surface area contributed by atoms with Crippen molar-refractivity contribution in [2.75, 3.05) is 0 Å². The Morgan fingerprint density at radius 1 is 1.25 bits per heavy atom. The Morgan fingerprint density at radius 3 is 2.67 bits per heavy atom. The zero-order chi connectivity index (χ0) is 17.2. The lowest BCUT2D eigenvalue weighted by Crippen LogP contribution is -2.45. The quantitative estimate of drug-likeness (QED) is 0.841. The van der Waals surface area contributed by atoms with Gasteiger partial charge in [0.2, 0.25) is 0 Å². The molecule has 0 amide bonds. The van der Waals surface area contributed by atoms with Gasteiger partial charge in [0, 0.05) is 23.8 Å². The van der Waals surface area contributed by atoms with Gasteiger partial charge >= 0.3 is 0 Å². The number of nitrogens with zero attached hydrogens (tertiary/aromatic N) is 1. The Labute approximate surface area is 145 Å². The largest absolute Gasteiger partial charge is 0.490 e. The number of ether oxygens (including phenoxy) is 1. The first-order valence-electron chi connectivity index (χ1n) is 9.34. The smallest absolute Gasteiger partial charge is 0.123 e. The molecular weight excluding hydrogens is 296 g/mol. The number of aromatic nitrogens is 1. The van der Waals surface area contributed by atoms with Crippen molar-refractivity contribution in [3.8, 4) is 5.75 Å². The lowest BCUT2D eigenvalue weighted by Gasteiger charge is -2.43. The van der Waals surface area contributed by atoms with Crippen molar-refractivity contribution in [3.05, 3.63) is 36.2 Å². The Hall–Kier alpha value is -1.61. The maximum absolute atomic E-state index is 6.43. The van der Waals surface area contributed by atoms with Gasteiger partial charge in [-0.25, -0.2) is 0 Å². The number of hydrogen-bond acceptors (Lipinski definition) is 3. The molecule has 2 aromatic rings. The van der Waals surface area contributed by atoms with Crippen molar-refractivity contribution in [1.82, 2.24) is 4.98 Å². The maximum Gasteiger partial charge on any atom is 0.123 e. The summed E-state index contributed by atoms with van der Waals surface area (Å²) in [4.78, 5) is 4.20. The zero-order valence-electron chi connectivity index (χ0n) is 15.2. The van der Waals surface area contributed by atoms with Gasteiger partial charge < -0.3 is 10.5 Å². The molecule has 1 heterocycles. The van der Waals surface area contributed by atoms with E-state index in [4.69, 9.17) is 10.5 Å². The fourth-order valence-electron chi connectivity index (χ4n) is 4.24. The normalized spacial score (nSPS) is 25.6. The molecule has 24 heavy (non-hydrogen) atoms. The van der Waals surface area contributed by atoms with Gasteiger partial charge in [-0.1, -0.05) is 13.8 Å². The standard InChI is InChI=1S/C21H30N2O/c1-4-20(22)21(5-2)9-6-18(7-10-21)24-19-13-16-8-11-23-14-17(16)12-15(19)3/h8,11-14,18,20H,4-7,9-10,22H2,1-3H3. The predicted octanol–water partition coefficient (Wildman–Crippen LogP) is 5.00. The first-order valence-corrected chi connectivity index (χ1v) is 9.34. The maximum atomic E-state index is 6.43. The minimum Gasteiger partial charge on any atom is -0.490 e. The first kappa shape index (κ1) is 17.2. The van der Waals surface area contributed by atoms with Gasteiger partial charge in [0.15, 0.2) is 0 Å². The minimum absolute atomic E-state index is 0.312. The number of fused-ring (bicyclic) bond motifs is 1. The highest BCUT2D eigenvalue weighted by molar-refractivity contribution is 5.84. The summed E-state index contributed by atoms with van der Waals surface area (Å²) in [6, 6.07) is 6.69. The van der Waals surface area contributed by atoms with E-state index in [1.807, 2.05) is 18.5 Å². The third-order valence-electron chi connectivity index (χ3n) is 6.09. The molecule has 130 valence electrons. The highest BCUT2D eigenvalue weighted by Crippen LogP contribution is 2.43. The highest BCUT2D eigenvalue weighted by atomic mass is 16.5. The van der Waals surface area contributed by atoms with Crippen molar-refractivity contribution < 1.29 is 4.74 Å². The van der Waals surface area contributed by atoms with E-state index in [-0.39, 0.29) is 0 Å². The molecule has 2 N–H and O–H groups in total. The molecule has 1 saturated carbocycles. The van der Waals surface area contributed by atoms with E-state index in [9.17, 15) is 0 Å². The molecule has 1 fully saturated rings. The van der Waals surface area contributed by atoms with Crippen LogP contribution in [0.15, 0.2) is 30.6 Å². The third kappa shape index (κ3) is 3.27. The van der Waals surface area contributed by atoms with Gasteiger partial charge in [0.1, 0.15) is 5.75 Å². The summed E-state index contributed by atoms with van der Waals surface area (Å²) in [5.41, 5.74) is 7.94. The van der Waals surface area contributed by atoms with Crippen LogP contribution in [0.5, 0.6) is 5.75 Å². The lowest BCUT2D eigenvalue weighted by molar-refractivity contribution is 0.0565. The van der Waals surface area contributed by atoms with Gasteiger partial charge in [0.25, 0.3) is 0 Å². The van der Waals surface area contributed by atoms with E-state index in [1.54, 1.807) is 0 Å². The molecular formula is C21H30N2O. The van der Waals surface area contributed by atoms with Gasteiger partial charge in [0.05, 0.1) is 6.10 Å². The molecule has 3 rings (SSSR count). The molecule has 1 aliphatic rings.